The quantitative estimate of drug-likeness (QED) is 0.434. The van der Waals surface area contributed by atoms with E-state index in [1.807, 2.05) is 35.9 Å². The normalized spacial score (nSPS) is 11.3. The summed E-state index contributed by atoms with van der Waals surface area (Å²) in [6, 6.07) is 9.61. The number of aromatic amines is 1. The number of rotatable bonds is 5. The standard InChI is InChI=1S/C23H19FN6/c1-14(2)21-12-28-23-22(27-10-15-4-3-5-19-18(15)6-7-26-19)29-20(13-30(21)23)16-8-17(24)11-25-9-16/h3-9,11-13,26H,1,10H2,2H3,(H,27,29). The molecule has 2 N–H and O–H groups in total. The van der Waals surface area contributed by atoms with Gasteiger partial charge in [0.15, 0.2) is 11.5 Å². The summed E-state index contributed by atoms with van der Waals surface area (Å²) in [6.45, 7) is 6.53. The molecule has 0 fully saturated rings. The van der Waals surface area contributed by atoms with Gasteiger partial charge in [0.05, 0.1) is 23.8 Å². The fourth-order valence-electron chi connectivity index (χ4n) is 3.60. The van der Waals surface area contributed by atoms with Gasteiger partial charge in [0.2, 0.25) is 0 Å². The molecular weight excluding hydrogens is 379 g/mol. The number of anilines is 1. The van der Waals surface area contributed by atoms with E-state index in [-0.39, 0.29) is 0 Å². The van der Waals surface area contributed by atoms with E-state index in [0.29, 0.717) is 29.3 Å². The number of nitrogens with zero attached hydrogens (tertiary/aromatic N) is 4. The monoisotopic (exact) mass is 398 g/mol. The molecule has 0 unspecified atom stereocenters. The number of nitrogens with one attached hydrogen (secondary N) is 2. The average molecular weight is 398 g/mol. The van der Waals surface area contributed by atoms with Crippen LogP contribution in [0.2, 0.25) is 0 Å². The fourth-order valence-corrected chi connectivity index (χ4v) is 3.60. The summed E-state index contributed by atoms with van der Waals surface area (Å²) >= 11 is 0. The van der Waals surface area contributed by atoms with E-state index in [1.54, 1.807) is 12.4 Å². The molecule has 0 saturated carbocycles. The van der Waals surface area contributed by atoms with E-state index in [0.717, 1.165) is 27.7 Å². The molecule has 0 atom stereocenters. The fraction of sp³-hybridized carbons (Fsp3) is 0.0870. The Morgan fingerprint density at radius 3 is 2.97 bits per heavy atom. The van der Waals surface area contributed by atoms with E-state index in [9.17, 15) is 4.39 Å². The molecule has 6 nitrogen and oxygen atoms in total. The highest BCUT2D eigenvalue weighted by Gasteiger charge is 2.14. The first-order valence-electron chi connectivity index (χ1n) is 9.54. The maximum Gasteiger partial charge on any atom is 0.180 e. The maximum atomic E-state index is 13.8. The predicted molar refractivity (Wildman–Crippen MR) is 117 cm³/mol. The lowest BCUT2D eigenvalue weighted by atomic mass is 10.1. The number of fused-ring (bicyclic) bond motifs is 2. The molecule has 7 heteroatoms. The number of halogens is 1. The van der Waals surface area contributed by atoms with Crippen LogP contribution in [0.1, 0.15) is 18.2 Å². The van der Waals surface area contributed by atoms with Crippen molar-refractivity contribution in [3.05, 3.63) is 85.0 Å². The molecule has 30 heavy (non-hydrogen) atoms. The molecule has 1 aromatic carbocycles. The second-order valence-corrected chi connectivity index (χ2v) is 7.19. The summed E-state index contributed by atoms with van der Waals surface area (Å²) in [6.07, 6.45) is 8.30. The van der Waals surface area contributed by atoms with Gasteiger partial charge < -0.3 is 10.3 Å². The van der Waals surface area contributed by atoms with Crippen molar-refractivity contribution < 1.29 is 4.39 Å². The van der Waals surface area contributed by atoms with Crippen LogP contribution in [-0.2, 0) is 6.54 Å². The Balaban J connectivity index is 1.61. The van der Waals surface area contributed by atoms with Crippen LogP contribution in [0, 0.1) is 5.82 Å². The second-order valence-electron chi connectivity index (χ2n) is 7.19. The first-order chi connectivity index (χ1) is 14.6. The summed E-state index contributed by atoms with van der Waals surface area (Å²) in [4.78, 5) is 16.5. The molecule has 0 spiro atoms. The van der Waals surface area contributed by atoms with Crippen LogP contribution >= 0.6 is 0 Å². The molecule has 0 aliphatic carbocycles. The molecule has 0 amide bonds. The SMILES string of the molecule is C=C(C)c1cnc2c(NCc3cccc4[nH]ccc34)nc(-c3cncc(F)c3)cn12. The van der Waals surface area contributed by atoms with Gasteiger partial charge in [-0.05, 0) is 36.3 Å². The lowest BCUT2D eigenvalue weighted by Gasteiger charge is -2.12. The number of H-pyrrole nitrogens is 1. The summed E-state index contributed by atoms with van der Waals surface area (Å²) in [7, 11) is 0. The zero-order chi connectivity index (χ0) is 20.7. The zero-order valence-electron chi connectivity index (χ0n) is 16.4. The van der Waals surface area contributed by atoms with Crippen molar-refractivity contribution in [3.63, 3.8) is 0 Å². The highest BCUT2D eigenvalue weighted by molar-refractivity contribution is 5.83. The molecule has 0 radical (unpaired) electrons. The van der Waals surface area contributed by atoms with Crippen molar-refractivity contribution in [2.24, 2.45) is 0 Å². The van der Waals surface area contributed by atoms with Crippen molar-refractivity contribution in [1.29, 1.82) is 0 Å². The number of aromatic nitrogens is 5. The topological polar surface area (TPSA) is 70.9 Å². The highest BCUT2D eigenvalue weighted by Crippen LogP contribution is 2.26. The Kier molecular flexibility index (Phi) is 4.28. The van der Waals surface area contributed by atoms with Gasteiger partial charge in [-0.2, -0.15) is 0 Å². The average Bonchev–Trinajstić information content (AvgIpc) is 3.39. The Morgan fingerprint density at radius 2 is 2.13 bits per heavy atom. The molecule has 0 saturated heterocycles. The number of imidazole rings is 1. The zero-order valence-corrected chi connectivity index (χ0v) is 16.4. The van der Waals surface area contributed by atoms with E-state index >= 15 is 0 Å². The minimum absolute atomic E-state index is 0.409. The van der Waals surface area contributed by atoms with Crippen molar-refractivity contribution in [3.8, 4) is 11.3 Å². The van der Waals surface area contributed by atoms with Gasteiger partial charge in [-0.25, -0.2) is 14.4 Å². The van der Waals surface area contributed by atoms with Crippen molar-refractivity contribution in [1.82, 2.24) is 24.3 Å². The maximum absolute atomic E-state index is 13.8. The molecule has 4 heterocycles. The third kappa shape index (κ3) is 3.10. The van der Waals surface area contributed by atoms with Gasteiger partial charge in [-0.1, -0.05) is 18.7 Å². The minimum atomic E-state index is -0.409. The van der Waals surface area contributed by atoms with Crippen LogP contribution in [0.15, 0.2) is 67.9 Å². The largest absolute Gasteiger partial charge is 0.363 e. The molecular formula is C23H19FN6. The van der Waals surface area contributed by atoms with Gasteiger partial charge in [0.1, 0.15) is 5.82 Å². The number of hydrogen-bond acceptors (Lipinski definition) is 4. The van der Waals surface area contributed by atoms with E-state index in [1.165, 1.54) is 12.3 Å². The Morgan fingerprint density at radius 1 is 1.23 bits per heavy atom. The van der Waals surface area contributed by atoms with E-state index in [4.69, 9.17) is 4.98 Å². The van der Waals surface area contributed by atoms with Crippen molar-refractivity contribution in [2.75, 3.05) is 5.32 Å². The molecule has 148 valence electrons. The number of hydrogen-bond donors (Lipinski definition) is 2. The molecule has 5 rings (SSSR count). The van der Waals surface area contributed by atoms with Crippen LogP contribution in [-0.4, -0.2) is 24.3 Å². The second kappa shape index (κ2) is 7.11. The lowest BCUT2D eigenvalue weighted by Crippen LogP contribution is -2.06. The number of pyridine rings is 1. The molecule has 4 aromatic heterocycles. The van der Waals surface area contributed by atoms with Crippen LogP contribution in [0.5, 0.6) is 0 Å². The van der Waals surface area contributed by atoms with Gasteiger partial charge in [0, 0.05) is 41.6 Å². The summed E-state index contributed by atoms with van der Waals surface area (Å²) < 4.78 is 15.7. The highest BCUT2D eigenvalue weighted by atomic mass is 19.1. The van der Waals surface area contributed by atoms with Crippen LogP contribution in [0.4, 0.5) is 10.2 Å². The smallest absolute Gasteiger partial charge is 0.180 e. The lowest BCUT2D eigenvalue weighted by molar-refractivity contribution is 0.622. The Bertz CT molecular complexity index is 1400. The van der Waals surface area contributed by atoms with Gasteiger partial charge in [-0.3, -0.25) is 9.38 Å². The first kappa shape index (κ1) is 18.1. The van der Waals surface area contributed by atoms with Crippen LogP contribution in [0.3, 0.4) is 0 Å². The molecule has 0 bridgehead atoms. The number of allylic oxidation sites excluding steroid dienone is 1. The van der Waals surface area contributed by atoms with Gasteiger partial charge in [0.25, 0.3) is 0 Å². The van der Waals surface area contributed by atoms with Crippen molar-refractivity contribution >= 4 is 27.9 Å². The van der Waals surface area contributed by atoms with Crippen LogP contribution in [0.25, 0.3) is 33.4 Å². The van der Waals surface area contributed by atoms with E-state index in [2.05, 4.69) is 39.0 Å². The molecule has 0 aliphatic rings. The molecule has 0 aliphatic heterocycles. The summed E-state index contributed by atoms with van der Waals surface area (Å²) in [5.41, 5.74) is 5.83. The summed E-state index contributed by atoms with van der Waals surface area (Å²) in [5, 5.41) is 4.56. The predicted octanol–water partition coefficient (Wildman–Crippen LogP) is 5.06. The van der Waals surface area contributed by atoms with Crippen molar-refractivity contribution in [2.45, 2.75) is 13.5 Å². The Labute approximate surface area is 172 Å². The van der Waals surface area contributed by atoms with E-state index < -0.39 is 5.82 Å². The summed E-state index contributed by atoms with van der Waals surface area (Å²) in [5.74, 6) is 0.200. The van der Waals surface area contributed by atoms with Crippen LogP contribution < -0.4 is 5.32 Å². The third-order valence-electron chi connectivity index (χ3n) is 5.06. The minimum Gasteiger partial charge on any atom is -0.363 e. The van der Waals surface area contributed by atoms with Gasteiger partial charge in [-0.15, -0.1) is 0 Å². The molecule has 5 aromatic rings. The first-order valence-corrected chi connectivity index (χ1v) is 9.54. The van der Waals surface area contributed by atoms with Gasteiger partial charge >= 0.3 is 0 Å². The number of benzene rings is 1. The third-order valence-corrected chi connectivity index (χ3v) is 5.06. The Hall–Kier alpha value is -4.00.